The summed E-state index contributed by atoms with van der Waals surface area (Å²) in [5.41, 5.74) is 1.11. The van der Waals surface area contributed by atoms with E-state index in [1.54, 1.807) is 0 Å². The van der Waals surface area contributed by atoms with Crippen LogP contribution in [0.3, 0.4) is 0 Å². The highest BCUT2D eigenvalue weighted by Crippen LogP contribution is 2.14. The minimum absolute atomic E-state index is 0.00939. The van der Waals surface area contributed by atoms with Crippen molar-refractivity contribution >= 4 is 11.8 Å². The molecule has 2 heterocycles. The lowest BCUT2D eigenvalue weighted by atomic mass is 10.1. The molecule has 1 aromatic heterocycles. The van der Waals surface area contributed by atoms with Gasteiger partial charge in [-0.15, -0.1) is 0 Å². The molecule has 0 atom stereocenters. The fourth-order valence-corrected chi connectivity index (χ4v) is 2.57. The Morgan fingerprint density at radius 2 is 1.92 bits per heavy atom. The van der Waals surface area contributed by atoms with E-state index in [9.17, 15) is 0 Å². The number of piperazine rings is 1. The number of likely N-dealkylation sites (N-methyl/N-ethyl adjacent to an activating group) is 1. The first-order chi connectivity index (χ1) is 11.4. The van der Waals surface area contributed by atoms with Crippen molar-refractivity contribution in [1.29, 1.82) is 0 Å². The van der Waals surface area contributed by atoms with Crippen LogP contribution in [0.15, 0.2) is 23.3 Å². The molecule has 24 heavy (non-hydrogen) atoms. The van der Waals surface area contributed by atoms with Crippen LogP contribution in [0.2, 0.25) is 0 Å². The number of nitrogens with zero attached hydrogens (tertiary/aromatic N) is 4. The average molecular weight is 332 g/mol. The molecule has 134 valence electrons. The maximum absolute atomic E-state index is 4.66. The van der Waals surface area contributed by atoms with E-state index in [0.717, 1.165) is 50.1 Å². The predicted octanol–water partition coefficient (Wildman–Crippen LogP) is 1.69. The average Bonchev–Trinajstić information content (AvgIpc) is 2.53. The van der Waals surface area contributed by atoms with Gasteiger partial charge < -0.3 is 20.4 Å². The van der Waals surface area contributed by atoms with Crippen LogP contribution in [-0.2, 0) is 6.54 Å². The molecule has 2 rings (SSSR count). The SMILES string of the molecule is CCNC(=NCc1ccc(N2CCN(C)CC2)nc1)NC(C)(C)C. The van der Waals surface area contributed by atoms with Gasteiger partial charge in [-0.25, -0.2) is 9.98 Å². The van der Waals surface area contributed by atoms with Gasteiger partial charge in [0.15, 0.2) is 5.96 Å². The number of rotatable bonds is 4. The summed E-state index contributed by atoms with van der Waals surface area (Å²) < 4.78 is 0. The lowest BCUT2D eigenvalue weighted by Crippen LogP contribution is -2.47. The van der Waals surface area contributed by atoms with Gasteiger partial charge in [-0.2, -0.15) is 0 Å². The quantitative estimate of drug-likeness (QED) is 0.649. The van der Waals surface area contributed by atoms with Crippen LogP contribution in [0.1, 0.15) is 33.3 Å². The zero-order valence-electron chi connectivity index (χ0n) is 15.8. The van der Waals surface area contributed by atoms with Gasteiger partial charge in [0.05, 0.1) is 6.54 Å². The molecule has 1 fully saturated rings. The molecule has 0 radical (unpaired) electrons. The molecule has 1 aromatic rings. The van der Waals surface area contributed by atoms with Gasteiger partial charge in [0, 0.05) is 44.5 Å². The van der Waals surface area contributed by atoms with Crippen molar-refractivity contribution < 1.29 is 0 Å². The molecule has 1 aliphatic heterocycles. The maximum atomic E-state index is 4.66. The summed E-state index contributed by atoms with van der Waals surface area (Å²) in [6, 6.07) is 4.24. The van der Waals surface area contributed by atoms with E-state index in [1.807, 2.05) is 6.20 Å². The second kappa shape index (κ2) is 8.33. The van der Waals surface area contributed by atoms with E-state index in [0.29, 0.717) is 6.54 Å². The topological polar surface area (TPSA) is 55.8 Å². The third kappa shape index (κ3) is 6.00. The van der Waals surface area contributed by atoms with Gasteiger partial charge in [0.1, 0.15) is 5.82 Å². The molecule has 1 saturated heterocycles. The molecule has 2 N–H and O–H groups in total. The molecule has 0 amide bonds. The Morgan fingerprint density at radius 1 is 1.21 bits per heavy atom. The number of hydrogen-bond donors (Lipinski definition) is 2. The molecule has 0 bridgehead atoms. The van der Waals surface area contributed by atoms with Crippen molar-refractivity contribution in [2.24, 2.45) is 4.99 Å². The summed E-state index contributed by atoms with van der Waals surface area (Å²) in [7, 11) is 2.17. The fourth-order valence-electron chi connectivity index (χ4n) is 2.57. The Labute approximate surface area is 146 Å². The number of aliphatic imine (C=N–C) groups is 1. The van der Waals surface area contributed by atoms with Crippen molar-refractivity contribution in [3.63, 3.8) is 0 Å². The van der Waals surface area contributed by atoms with Crippen LogP contribution in [0.5, 0.6) is 0 Å². The molecule has 0 unspecified atom stereocenters. The largest absolute Gasteiger partial charge is 0.357 e. The molecule has 0 spiro atoms. The molecule has 6 nitrogen and oxygen atoms in total. The van der Waals surface area contributed by atoms with E-state index in [2.05, 4.69) is 77.3 Å². The molecular formula is C18H32N6. The van der Waals surface area contributed by atoms with E-state index in [1.165, 1.54) is 0 Å². The fraction of sp³-hybridized carbons (Fsp3) is 0.667. The van der Waals surface area contributed by atoms with Crippen molar-refractivity contribution in [2.75, 3.05) is 44.7 Å². The van der Waals surface area contributed by atoms with Crippen LogP contribution in [0.4, 0.5) is 5.82 Å². The van der Waals surface area contributed by atoms with Crippen LogP contribution in [-0.4, -0.2) is 61.2 Å². The van der Waals surface area contributed by atoms with Crippen LogP contribution in [0.25, 0.3) is 0 Å². The predicted molar refractivity (Wildman–Crippen MR) is 102 cm³/mol. The van der Waals surface area contributed by atoms with Crippen LogP contribution in [0, 0.1) is 0 Å². The smallest absolute Gasteiger partial charge is 0.191 e. The summed E-state index contributed by atoms with van der Waals surface area (Å²) in [6.07, 6.45) is 1.94. The number of guanidine groups is 1. The summed E-state index contributed by atoms with van der Waals surface area (Å²) in [6.45, 7) is 14.2. The maximum Gasteiger partial charge on any atom is 0.191 e. The van der Waals surface area contributed by atoms with Crippen molar-refractivity contribution in [1.82, 2.24) is 20.5 Å². The van der Waals surface area contributed by atoms with Crippen molar-refractivity contribution in [3.05, 3.63) is 23.9 Å². The standard InChI is InChI=1S/C18H32N6/c1-6-19-17(22-18(2,3)4)21-14-15-7-8-16(20-13-15)24-11-9-23(5)10-12-24/h7-8,13H,6,9-12,14H2,1-5H3,(H2,19,21,22). The molecule has 0 aromatic carbocycles. The van der Waals surface area contributed by atoms with E-state index in [4.69, 9.17) is 0 Å². The lowest BCUT2D eigenvalue weighted by Gasteiger charge is -2.33. The van der Waals surface area contributed by atoms with Crippen LogP contribution < -0.4 is 15.5 Å². The van der Waals surface area contributed by atoms with Crippen LogP contribution >= 0.6 is 0 Å². The molecule has 6 heteroatoms. The number of nitrogens with one attached hydrogen (secondary N) is 2. The summed E-state index contributed by atoms with van der Waals surface area (Å²) in [5, 5.41) is 6.68. The first-order valence-corrected chi connectivity index (χ1v) is 8.82. The zero-order chi connectivity index (χ0) is 17.6. The van der Waals surface area contributed by atoms with Gasteiger partial charge in [-0.1, -0.05) is 6.07 Å². The van der Waals surface area contributed by atoms with Gasteiger partial charge in [0.25, 0.3) is 0 Å². The first-order valence-electron chi connectivity index (χ1n) is 8.82. The van der Waals surface area contributed by atoms with Crippen molar-refractivity contribution in [2.45, 2.75) is 39.8 Å². The highest BCUT2D eigenvalue weighted by molar-refractivity contribution is 5.80. The summed E-state index contributed by atoms with van der Waals surface area (Å²) in [4.78, 5) is 14.0. The number of hydrogen-bond acceptors (Lipinski definition) is 4. The Morgan fingerprint density at radius 3 is 2.46 bits per heavy atom. The minimum Gasteiger partial charge on any atom is -0.357 e. The van der Waals surface area contributed by atoms with E-state index < -0.39 is 0 Å². The first kappa shape index (κ1) is 18.5. The van der Waals surface area contributed by atoms with Gasteiger partial charge in [-0.05, 0) is 46.4 Å². The van der Waals surface area contributed by atoms with E-state index >= 15 is 0 Å². The minimum atomic E-state index is -0.00939. The second-order valence-corrected chi connectivity index (χ2v) is 7.39. The normalized spacial score (nSPS) is 17.0. The Balaban J connectivity index is 1.96. The Bertz CT molecular complexity index is 523. The number of anilines is 1. The molecular weight excluding hydrogens is 300 g/mol. The number of pyridine rings is 1. The van der Waals surface area contributed by atoms with Gasteiger partial charge in [-0.3, -0.25) is 0 Å². The Kier molecular flexibility index (Phi) is 6.43. The number of aromatic nitrogens is 1. The van der Waals surface area contributed by atoms with Gasteiger partial charge in [0.2, 0.25) is 0 Å². The van der Waals surface area contributed by atoms with E-state index in [-0.39, 0.29) is 5.54 Å². The van der Waals surface area contributed by atoms with Gasteiger partial charge >= 0.3 is 0 Å². The van der Waals surface area contributed by atoms with Crippen molar-refractivity contribution in [3.8, 4) is 0 Å². The monoisotopic (exact) mass is 332 g/mol. The lowest BCUT2D eigenvalue weighted by molar-refractivity contribution is 0.312. The third-order valence-corrected chi connectivity index (χ3v) is 3.89. The second-order valence-electron chi connectivity index (χ2n) is 7.39. The molecule has 1 aliphatic rings. The molecule has 0 saturated carbocycles. The Hall–Kier alpha value is -1.82. The third-order valence-electron chi connectivity index (χ3n) is 3.89. The zero-order valence-corrected chi connectivity index (χ0v) is 15.8. The highest BCUT2D eigenvalue weighted by Gasteiger charge is 2.15. The highest BCUT2D eigenvalue weighted by atomic mass is 15.3. The summed E-state index contributed by atoms with van der Waals surface area (Å²) >= 11 is 0. The summed E-state index contributed by atoms with van der Waals surface area (Å²) in [5.74, 6) is 1.91. The molecule has 0 aliphatic carbocycles.